The summed E-state index contributed by atoms with van der Waals surface area (Å²) in [5.74, 6) is 0.701. The van der Waals surface area contributed by atoms with E-state index in [9.17, 15) is 0 Å². The predicted octanol–water partition coefficient (Wildman–Crippen LogP) is 14.5. The van der Waals surface area contributed by atoms with Gasteiger partial charge in [0.2, 0.25) is 0 Å². The van der Waals surface area contributed by atoms with Gasteiger partial charge in [-0.2, -0.15) is 0 Å². The fourth-order valence-corrected chi connectivity index (χ4v) is 9.48. The summed E-state index contributed by atoms with van der Waals surface area (Å²) in [5.41, 5.74) is 19.6. The van der Waals surface area contributed by atoms with Crippen molar-refractivity contribution in [3.8, 4) is 78.5 Å². The van der Waals surface area contributed by atoms with Crippen molar-refractivity contribution in [3.63, 3.8) is 0 Å². The second-order valence-electron chi connectivity index (χ2n) is 16.0. The first-order chi connectivity index (χ1) is 30.6. The van der Waals surface area contributed by atoms with Gasteiger partial charge in [-0.1, -0.05) is 200 Å². The third kappa shape index (κ3) is 6.34. The molecule has 0 N–H and O–H groups in total. The van der Waals surface area contributed by atoms with Crippen molar-refractivity contribution in [1.82, 2.24) is 15.0 Å². The molecule has 0 amide bonds. The lowest BCUT2D eigenvalue weighted by Crippen LogP contribution is -2.28. The fourth-order valence-electron chi connectivity index (χ4n) is 9.48. The highest BCUT2D eigenvalue weighted by Gasteiger charge is 2.46. The monoisotopic (exact) mass is 791 g/mol. The Morgan fingerprint density at radius 3 is 1.55 bits per heavy atom. The van der Waals surface area contributed by atoms with Crippen molar-refractivity contribution < 1.29 is 0 Å². The summed E-state index contributed by atoms with van der Waals surface area (Å²) >= 11 is 0. The van der Waals surface area contributed by atoms with Gasteiger partial charge in [-0.3, -0.25) is 4.98 Å². The summed E-state index contributed by atoms with van der Waals surface area (Å²) in [5, 5.41) is 0. The third-order valence-electron chi connectivity index (χ3n) is 12.4. The number of aromatic nitrogens is 3. The minimum absolute atomic E-state index is 0.591. The molecular formula is C59H41N3. The summed E-state index contributed by atoms with van der Waals surface area (Å²) in [6, 6.07) is 80.1. The molecule has 1 aliphatic carbocycles. The molecule has 0 bridgehead atoms. The van der Waals surface area contributed by atoms with E-state index < -0.39 is 5.41 Å². The Bertz CT molecular complexity index is 3180. The van der Waals surface area contributed by atoms with Crippen molar-refractivity contribution in [3.05, 3.63) is 258 Å². The van der Waals surface area contributed by atoms with E-state index in [4.69, 9.17) is 15.0 Å². The lowest BCUT2D eigenvalue weighted by atomic mass is 9.67. The normalized spacial score (nSPS) is 14.0. The number of nitrogens with zero attached hydrogens (tertiary/aromatic N) is 3. The smallest absolute Gasteiger partial charge is 0.160 e. The molecule has 2 aromatic heterocycles. The molecule has 2 heterocycles. The van der Waals surface area contributed by atoms with Crippen molar-refractivity contribution in [2.45, 2.75) is 12.3 Å². The number of hydrogen-bond acceptors (Lipinski definition) is 3. The molecule has 1 atom stereocenters. The van der Waals surface area contributed by atoms with Crippen molar-refractivity contribution in [1.29, 1.82) is 0 Å². The lowest BCUT2D eigenvalue weighted by Gasteiger charge is -2.34. The van der Waals surface area contributed by atoms with Gasteiger partial charge in [0.1, 0.15) is 0 Å². The molecule has 0 spiro atoms. The SMILES string of the molecule is Cc1cc(-c2ccccc2)ncc1-c1ccccc1-c1ccc2c(c1)-c1ccccc1C2(c1ccccc1)c1cccc(-c2cc(-c3ccccc3)nc(-c3ccccc3)n2)c1. The minimum Gasteiger partial charge on any atom is -0.256 e. The summed E-state index contributed by atoms with van der Waals surface area (Å²) < 4.78 is 0. The summed E-state index contributed by atoms with van der Waals surface area (Å²) in [7, 11) is 0. The zero-order valence-corrected chi connectivity index (χ0v) is 34.3. The van der Waals surface area contributed by atoms with Gasteiger partial charge in [-0.25, -0.2) is 9.97 Å². The van der Waals surface area contributed by atoms with Gasteiger partial charge in [0.25, 0.3) is 0 Å². The molecule has 1 aliphatic rings. The zero-order chi connectivity index (χ0) is 41.5. The average Bonchev–Trinajstić information content (AvgIpc) is 3.65. The van der Waals surface area contributed by atoms with Crippen molar-refractivity contribution in [2.24, 2.45) is 0 Å². The van der Waals surface area contributed by atoms with Crippen LogP contribution in [0.5, 0.6) is 0 Å². The summed E-state index contributed by atoms with van der Waals surface area (Å²) in [4.78, 5) is 15.3. The van der Waals surface area contributed by atoms with Crippen LogP contribution in [0.2, 0.25) is 0 Å². The van der Waals surface area contributed by atoms with Crippen molar-refractivity contribution in [2.75, 3.05) is 0 Å². The highest BCUT2D eigenvalue weighted by Crippen LogP contribution is 2.57. The van der Waals surface area contributed by atoms with Gasteiger partial charge in [0, 0.05) is 34.0 Å². The highest BCUT2D eigenvalue weighted by molar-refractivity contribution is 5.92. The van der Waals surface area contributed by atoms with Gasteiger partial charge in [0.05, 0.1) is 22.5 Å². The van der Waals surface area contributed by atoms with Crippen LogP contribution >= 0.6 is 0 Å². The molecule has 3 nitrogen and oxygen atoms in total. The Balaban J connectivity index is 1.08. The molecule has 10 aromatic rings. The second kappa shape index (κ2) is 15.5. The molecule has 62 heavy (non-hydrogen) atoms. The van der Waals surface area contributed by atoms with Gasteiger partial charge < -0.3 is 0 Å². The molecule has 0 fully saturated rings. The number of pyridine rings is 1. The standard InChI is InChI=1S/C59H41N3/c1-40-35-55(41-19-6-2-7-20-41)60-39-52(40)49-30-15-14-29-48(49)44-33-34-54-51(37-44)50-31-16-17-32-53(50)59(54,46-26-12-5-13-27-46)47-28-18-25-45(36-47)57-38-56(42-21-8-3-9-22-42)61-58(62-57)43-23-10-4-11-24-43/h2-39H,1H3. The second-order valence-corrected chi connectivity index (χ2v) is 16.0. The quantitative estimate of drug-likeness (QED) is 0.154. The Labute approximate surface area is 362 Å². The van der Waals surface area contributed by atoms with Gasteiger partial charge >= 0.3 is 0 Å². The Morgan fingerprint density at radius 2 is 0.855 bits per heavy atom. The molecule has 0 saturated heterocycles. The first-order valence-corrected chi connectivity index (χ1v) is 21.2. The molecule has 8 aromatic carbocycles. The topological polar surface area (TPSA) is 38.7 Å². The van der Waals surface area contributed by atoms with Crippen LogP contribution < -0.4 is 0 Å². The molecule has 292 valence electrons. The first kappa shape index (κ1) is 37.0. The van der Waals surface area contributed by atoms with Crippen molar-refractivity contribution >= 4 is 0 Å². The van der Waals surface area contributed by atoms with E-state index in [1.165, 1.54) is 55.6 Å². The van der Waals surface area contributed by atoms with Gasteiger partial charge in [-0.15, -0.1) is 0 Å². The molecule has 0 aliphatic heterocycles. The van der Waals surface area contributed by atoms with E-state index in [2.05, 4.69) is 201 Å². The van der Waals surface area contributed by atoms with E-state index >= 15 is 0 Å². The van der Waals surface area contributed by atoms with Gasteiger partial charge in [-0.05, 0) is 86.8 Å². The molecule has 1 unspecified atom stereocenters. The van der Waals surface area contributed by atoms with E-state index in [0.29, 0.717) is 5.82 Å². The maximum absolute atomic E-state index is 5.24. The van der Waals surface area contributed by atoms with Gasteiger partial charge in [0.15, 0.2) is 5.82 Å². The number of aryl methyl sites for hydroxylation is 1. The molecule has 0 saturated carbocycles. The van der Waals surface area contributed by atoms with E-state index in [-0.39, 0.29) is 0 Å². The summed E-state index contributed by atoms with van der Waals surface area (Å²) in [6.45, 7) is 2.19. The Morgan fingerprint density at radius 1 is 0.323 bits per heavy atom. The number of fused-ring (bicyclic) bond motifs is 3. The maximum atomic E-state index is 5.24. The first-order valence-electron chi connectivity index (χ1n) is 21.2. The van der Waals surface area contributed by atoms with Crippen LogP contribution in [0.25, 0.3) is 78.5 Å². The highest BCUT2D eigenvalue weighted by atomic mass is 14.9. The van der Waals surface area contributed by atoms with E-state index in [1.54, 1.807) is 0 Å². The molecule has 11 rings (SSSR count). The van der Waals surface area contributed by atoms with Crippen LogP contribution in [0.4, 0.5) is 0 Å². The molecule has 3 heteroatoms. The Kier molecular flexibility index (Phi) is 9.28. The third-order valence-corrected chi connectivity index (χ3v) is 12.4. The predicted molar refractivity (Wildman–Crippen MR) is 254 cm³/mol. The van der Waals surface area contributed by atoms with Crippen LogP contribution in [-0.4, -0.2) is 15.0 Å². The number of benzene rings is 8. The largest absolute Gasteiger partial charge is 0.256 e. The van der Waals surface area contributed by atoms with Crippen LogP contribution in [0, 0.1) is 6.92 Å². The van der Waals surface area contributed by atoms with E-state index in [0.717, 1.165) is 44.9 Å². The number of hydrogen-bond donors (Lipinski definition) is 0. The van der Waals surface area contributed by atoms with Crippen LogP contribution in [-0.2, 0) is 5.41 Å². The van der Waals surface area contributed by atoms with E-state index in [1.807, 2.05) is 36.5 Å². The van der Waals surface area contributed by atoms with Crippen LogP contribution in [0.15, 0.2) is 231 Å². The molecular weight excluding hydrogens is 751 g/mol. The minimum atomic E-state index is -0.591. The lowest BCUT2D eigenvalue weighted by molar-refractivity contribution is 0.769. The Hall–Kier alpha value is -8.01. The maximum Gasteiger partial charge on any atom is 0.160 e. The average molecular weight is 792 g/mol. The zero-order valence-electron chi connectivity index (χ0n) is 34.3. The fraction of sp³-hybridized carbons (Fsp3) is 0.0339. The number of rotatable bonds is 8. The summed E-state index contributed by atoms with van der Waals surface area (Å²) in [6.07, 6.45) is 2.04. The molecule has 0 radical (unpaired) electrons. The van der Waals surface area contributed by atoms with Crippen LogP contribution in [0.1, 0.15) is 27.8 Å². The van der Waals surface area contributed by atoms with Crippen LogP contribution in [0.3, 0.4) is 0 Å².